The number of para-hydroxylation sites is 2. The number of aromatic nitrogens is 1. The van der Waals surface area contributed by atoms with Crippen molar-refractivity contribution in [1.82, 2.24) is 0 Å². The number of nitrogens with zero attached hydrogens (tertiary/aromatic N) is 3. The Hall–Kier alpha value is -2.64. The first kappa shape index (κ1) is 28.4. The van der Waals surface area contributed by atoms with Crippen LogP contribution in [0, 0.1) is 0 Å². The molecule has 1 aliphatic heterocycles. The highest BCUT2D eigenvalue weighted by molar-refractivity contribution is 8.03. The van der Waals surface area contributed by atoms with Crippen molar-refractivity contribution in [2.45, 2.75) is 38.6 Å². The second-order valence-corrected chi connectivity index (χ2v) is 11.6. The molecule has 6 heteroatoms. The highest BCUT2D eigenvalue weighted by atomic mass is 32.2. The van der Waals surface area contributed by atoms with Crippen LogP contribution in [0.5, 0.6) is 0 Å². The number of thiazole rings is 1. The molecule has 1 N–H and O–H groups in total. The zero-order chi connectivity index (χ0) is 26.8. The summed E-state index contributed by atoms with van der Waals surface area (Å²) in [5.74, 6) is 0. The standard InChI is InChI=1S/C32H41N3OS2/c1-4-35(5-2,6-3)25-16-23-33-27-17-12-14-19-29(27)37-31(33)21-10-8-7-9-11-22-32-34(24-26-36)28-18-13-15-20-30(28)38-32/h7-15,17-22,36H,4-6,16,23-26H2,1-3H3/q+2. The van der Waals surface area contributed by atoms with Crippen molar-refractivity contribution in [2.75, 3.05) is 44.2 Å². The third-order valence-electron chi connectivity index (χ3n) is 7.55. The summed E-state index contributed by atoms with van der Waals surface area (Å²) in [7, 11) is 0. The maximum Gasteiger partial charge on any atom is 0.262 e. The van der Waals surface area contributed by atoms with E-state index in [1.165, 1.54) is 62.9 Å². The number of hydrogen-bond acceptors (Lipinski definition) is 4. The average molecular weight is 548 g/mol. The van der Waals surface area contributed by atoms with Gasteiger partial charge in [-0.2, -0.15) is 4.57 Å². The number of hydrogen-bond donors (Lipinski definition) is 1. The molecular weight excluding hydrogens is 507 g/mol. The van der Waals surface area contributed by atoms with E-state index >= 15 is 0 Å². The van der Waals surface area contributed by atoms with Crippen molar-refractivity contribution >= 4 is 45.1 Å². The largest absolute Gasteiger partial charge is 0.395 e. The number of β-amino-alcohol motifs (C(OH)–C–C–N with tert-alkyl or cyclic N) is 1. The molecule has 38 heavy (non-hydrogen) atoms. The Morgan fingerprint density at radius 2 is 1.61 bits per heavy atom. The number of rotatable bonds is 13. The van der Waals surface area contributed by atoms with E-state index in [9.17, 15) is 5.11 Å². The molecule has 0 bridgehead atoms. The molecule has 0 aliphatic carbocycles. The number of benzene rings is 2. The fourth-order valence-corrected chi connectivity index (χ4v) is 7.30. The second kappa shape index (κ2) is 13.9. The van der Waals surface area contributed by atoms with E-state index < -0.39 is 0 Å². The topological polar surface area (TPSA) is 27.4 Å². The van der Waals surface area contributed by atoms with Gasteiger partial charge in [0.2, 0.25) is 5.52 Å². The van der Waals surface area contributed by atoms with Gasteiger partial charge in [0.15, 0.2) is 6.54 Å². The maximum absolute atomic E-state index is 9.50. The summed E-state index contributed by atoms with van der Waals surface area (Å²) in [6.07, 6.45) is 16.0. The van der Waals surface area contributed by atoms with Gasteiger partial charge in [-0.1, -0.05) is 77.7 Å². The number of aliphatic hydroxyl groups excluding tert-OH is 1. The lowest BCUT2D eigenvalue weighted by Crippen LogP contribution is -2.49. The van der Waals surface area contributed by atoms with Crippen LogP contribution < -0.4 is 9.47 Å². The Labute approximate surface area is 236 Å². The highest BCUT2D eigenvalue weighted by Crippen LogP contribution is 2.45. The van der Waals surface area contributed by atoms with E-state index in [0.717, 1.165) is 11.6 Å². The first-order valence-electron chi connectivity index (χ1n) is 13.8. The Balaban J connectivity index is 1.41. The molecule has 0 radical (unpaired) electrons. The number of quaternary nitrogens is 1. The predicted molar refractivity (Wildman–Crippen MR) is 166 cm³/mol. The quantitative estimate of drug-likeness (QED) is 0.141. The van der Waals surface area contributed by atoms with Crippen LogP contribution in [0.3, 0.4) is 0 Å². The van der Waals surface area contributed by atoms with Crippen molar-refractivity contribution in [3.05, 3.63) is 95.0 Å². The Kier molecular flexibility index (Phi) is 10.4. The fourth-order valence-electron chi connectivity index (χ4n) is 5.09. The lowest BCUT2D eigenvalue weighted by Gasteiger charge is -2.35. The van der Waals surface area contributed by atoms with Gasteiger partial charge in [0, 0.05) is 23.6 Å². The van der Waals surface area contributed by atoms with Crippen LogP contribution in [0.4, 0.5) is 5.69 Å². The summed E-state index contributed by atoms with van der Waals surface area (Å²) in [5.41, 5.74) is 2.50. The molecule has 2 heterocycles. The van der Waals surface area contributed by atoms with Crippen LogP contribution in [0.15, 0.2) is 94.9 Å². The van der Waals surface area contributed by atoms with Crippen LogP contribution in [-0.4, -0.2) is 48.9 Å². The maximum atomic E-state index is 9.50. The number of anilines is 1. The monoisotopic (exact) mass is 547 g/mol. The summed E-state index contributed by atoms with van der Waals surface area (Å²) < 4.78 is 5.03. The third kappa shape index (κ3) is 6.67. The summed E-state index contributed by atoms with van der Waals surface area (Å²) in [4.78, 5) is 3.41. The molecular formula is C32H41N3OS2+2. The van der Waals surface area contributed by atoms with Gasteiger partial charge in [-0.05, 0) is 45.0 Å². The van der Waals surface area contributed by atoms with Gasteiger partial charge < -0.3 is 14.5 Å². The average Bonchev–Trinajstić information content (AvgIpc) is 3.48. The van der Waals surface area contributed by atoms with E-state index in [-0.39, 0.29) is 6.61 Å². The number of allylic oxidation sites excluding steroid dienone is 6. The smallest absolute Gasteiger partial charge is 0.262 e. The van der Waals surface area contributed by atoms with Gasteiger partial charge in [-0.15, -0.1) is 0 Å². The van der Waals surface area contributed by atoms with E-state index in [4.69, 9.17) is 0 Å². The third-order valence-corrected chi connectivity index (χ3v) is 9.81. The summed E-state index contributed by atoms with van der Waals surface area (Å²) in [6, 6.07) is 17.1. The minimum absolute atomic E-state index is 0.133. The molecule has 0 saturated carbocycles. The van der Waals surface area contributed by atoms with Crippen LogP contribution in [0.25, 0.3) is 16.3 Å². The number of aliphatic hydroxyl groups is 1. The lowest BCUT2D eigenvalue weighted by atomic mass is 10.2. The summed E-state index contributed by atoms with van der Waals surface area (Å²) in [6.45, 7) is 13.6. The van der Waals surface area contributed by atoms with Gasteiger partial charge in [0.25, 0.3) is 5.01 Å². The molecule has 0 saturated heterocycles. The van der Waals surface area contributed by atoms with Gasteiger partial charge in [0.1, 0.15) is 4.70 Å². The van der Waals surface area contributed by atoms with E-state index in [1.807, 2.05) is 17.4 Å². The molecule has 0 fully saturated rings. The molecule has 0 atom stereocenters. The molecule has 0 unspecified atom stereocenters. The van der Waals surface area contributed by atoms with Gasteiger partial charge in [-0.3, -0.25) is 0 Å². The second-order valence-electron chi connectivity index (χ2n) is 9.51. The zero-order valence-electron chi connectivity index (χ0n) is 22.9. The normalized spacial score (nSPS) is 15.3. The van der Waals surface area contributed by atoms with E-state index in [1.54, 1.807) is 11.8 Å². The Bertz CT molecular complexity index is 1310. The van der Waals surface area contributed by atoms with Crippen LogP contribution in [-0.2, 0) is 6.54 Å². The van der Waals surface area contributed by atoms with Crippen molar-refractivity contribution < 1.29 is 14.2 Å². The highest BCUT2D eigenvalue weighted by Gasteiger charge is 2.24. The van der Waals surface area contributed by atoms with Gasteiger partial charge in [-0.25, -0.2) is 0 Å². The molecule has 0 amide bonds. The van der Waals surface area contributed by atoms with Crippen molar-refractivity contribution in [3.63, 3.8) is 0 Å². The first-order valence-corrected chi connectivity index (χ1v) is 15.4. The first-order chi connectivity index (χ1) is 18.6. The molecule has 3 aromatic rings. The van der Waals surface area contributed by atoms with Gasteiger partial charge >= 0.3 is 0 Å². The number of thioether (sulfide) groups is 1. The minimum atomic E-state index is 0.133. The fraction of sp³-hybridized carbons (Fsp3) is 0.344. The molecule has 2 aromatic carbocycles. The molecule has 0 spiro atoms. The van der Waals surface area contributed by atoms with Gasteiger partial charge in [0.05, 0.1) is 49.9 Å². The SMILES string of the molecule is CC[N+](CC)(CC)CCC[n+]1c(/C=C/C=C/C=C/C=C2\Sc3ccccc3N2CCO)sc2ccccc21. The molecule has 4 rings (SSSR count). The van der Waals surface area contributed by atoms with Crippen molar-refractivity contribution in [1.29, 1.82) is 0 Å². The molecule has 4 nitrogen and oxygen atoms in total. The number of aryl methyl sites for hydroxylation is 1. The van der Waals surface area contributed by atoms with Crippen LogP contribution in [0.2, 0.25) is 0 Å². The van der Waals surface area contributed by atoms with Crippen LogP contribution in [0.1, 0.15) is 32.2 Å². The minimum Gasteiger partial charge on any atom is -0.395 e. The number of fused-ring (bicyclic) bond motifs is 2. The predicted octanol–water partition coefficient (Wildman–Crippen LogP) is 7.03. The lowest BCUT2D eigenvalue weighted by molar-refractivity contribution is -0.925. The van der Waals surface area contributed by atoms with Crippen molar-refractivity contribution in [2.24, 2.45) is 0 Å². The molecule has 1 aromatic heterocycles. The van der Waals surface area contributed by atoms with Crippen molar-refractivity contribution in [3.8, 4) is 0 Å². The molecule has 200 valence electrons. The van der Waals surface area contributed by atoms with Crippen LogP contribution >= 0.6 is 23.1 Å². The zero-order valence-corrected chi connectivity index (χ0v) is 24.6. The van der Waals surface area contributed by atoms with E-state index in [0.29, 0.717) is 6.54 Å². The Morgan fingerprint density at radius 3 is 2.39 bits per heavy atom. The summed E-state index contributed by atoms with van der Waals surface area (Å²) in [5, 5.41) is 11.9. The Morgan fingerprint density at radius 1 is 0.895 bits per heavy atom. The molecule has 1 aliphatic rings. The van der Waals surface area contributed by atoms with E-state index in [2.05, 4.69) is 115 Å². The summed E-state index contributed by atoms with van der Waals surface area (Å²) >= 11 is 3.61.